The average Bonchev–Trinajstić information content (AvgIpc) is 1.96. The van der Waals surface area contributed by atoms with Crippen molar-refractivity contribution in [2.24, 2.45) is 11.3 Å². The molecule has 0 aromatic rings. The predicted molar refractivity (Wildman–Crippen MR) is 59.2 cm³/mol. The molecule has 0 aliphatic carbocycles. The van der Waals surface area contributed by atoms with Gasteiger partial charge in [0.15, 0.2) is 0 Å². The van der Waals surface area contributed by atoms with Gasteiger partial charge in [0.05, 0.1) is 5.92 Å². The zero-order chi connectivity index (χ0) is 11.4. The molecule has 0 saturated heterocycles. The molecular weight excluding hydrogens is 176 g/mol. The molecule has 0 fully saturated rings. The van der Waals surface area contributed by atoms with Gasteiger partial charge in [0.2, 0.25) is 0 Å². The molecule has 2 heteroatoms. The van der Waals surface area contributed by atoms with E-state index in [9.17, 15) is 4.79 Å². The van der Waals surface area contributed by atoms with Crippen LogP contribution >= 0.6 is 0 Å². The lowest BCUT2D eigenvalue weighted by Gasteiger charge is -2.18. The van der Waals surface area contributed by atoms with Crippen molar-refractivity contribution in [1.82, 2.24) is 0 Å². The lowest BCUT2D eigenvalue weighted by molar-refractivity contribution is -0.140. The van der Waals surface area contributed by atoms with E-state index in [1.807, 2.05) is 6.08 Å². The smallest absolute Gasteiger partial charge is 0.306 e. The van der Waals surface area contributed by atoms with Crippen molar-refractivity contribution >= 4 is 5.97 Å². The minimum atomic E-state index is -0.718. The maximum Gasteiger partial charge on any atom is 0.306 e. The van der Waals surface area contributed by atoms with Gasteiger partial charge in [-0.05, 0) is 25.2 Å². The van der Waals surface area contributed by atoms with E-state index in [2.05, 4.69) is 27.7 Å². The van der Waals surface area contributed by atoms with E-state index in [1.54, 1.807) is 6.92 Å². The molecule has 0 aliphatic heterocycles. The van der Waals surface area contributed by atoms with Gasteiger partial charge in [0.25, 0.3) is 0 Å². The normalized spacial score (nSPS) is 15.4. The fraction of sp³-hybridized carbons (Fsp3) is 0.750. The van der Waals surface area contributed by atoms with Gasteiger partial charge in [-0.1, -0.05) is 39.3 Å². The number of carbonyl (C=O) groups is 1. The number of carboxylic acid groups (broad SMARTS) is 1. The Morgan fingerprint density at radius 3 is 2.29 bits per heavy atom. The van der Waals surface area contributed by atoms with Crippen LogP contribution in [0, 0.1) is 11.3 Å². The summed E-state index contributed by atoms with van der Waals surface area (Å²) in [6.45, 7) is 10.4. The van der Waals surface area contributed by atoms with E-state index in [0.29, 0.717) is 6.42 Å². The van der Waals surface area contributed by atoms with Crippen molar-refractivity contribution in [3.63, 3.8) is 0 Å². The van der Waals surface area contributed by atoms with Crippen LogP contribution in [0.3, 0.4) is 0 Å². The van der Waals surface area contributed by atoms with Crippen LogP contribution in [-0.2, 0) is 4.79 Å². The highest BCUT2D eigenvalue weighted by atomic mass is 16.4. The fourth-order valence-corrected chi connectivity index (χ4v) is 1.39. The summed E-state index contributed by atoms with van der Waals surface area (Å²) in [4.78, 5) is 10.6. The summed E-state index contributed by atoms with van der Waals surface area (Å²) in [5.74, 6) is -0.991. The van der Waals surface area contributed by atoms with E-state index in [-0.39, 0.29) is 11.3 Å². The summed E-state index contributed by atoms with van der Waals surface area (Å²) in [5.41, 5.74) is 1.57. The number of hydrogen-bond donors (Lipinski definition) is 1. The molecule has 0 aliphatic rings. The molecule has 1 atom stereocenters. The van der Waals surface area contributed by atoms with Crippen molar-refractivity contribution in [3.8, 4) is 0 Å². The summed E-state index contributed by atoms with van der Waals surface area (Å²) >= 11 is 0. The van der Waals surface area contributed by atoms with Crippen LogP contribution < -0.4 is 0 Å². The molecule has 0 aromatic heterocycles. The monoisotopic (exact) mass is 198 g/mol. The fourth-order valence-electron chi connectivity index (χ4n) is 1.39. The highest BCUT2D eigenvalue weighted by Crippen LogP contribution is 2.24. The first kappa shape index (κ1) is 13.2. The first-order chi connectivity index (χ1) is 6.22. The SMILES string of the molecule is CC(=CCC(C)C(=O)O)CC(C)(C)C. The minimum Gasteiger partial charge on any atom is -0.481 e. The molecule has 0 aromatic carbocycles. The Morgan fingerprint density at radius 1 is 1.43 bits per heavy atom. The molecule has 0 heterocycles. The molecule has 1 unspecified atom stereocenters. The summed E-state index contributed by atoms with van der Waals surface area (Å²) < 4.78 is 0. The average molecular weight is 198 g/mol. The largest absolute Gasteiger partial charge is 0.481 e. The minimum absolute atomic E-state index is 0.273. The summed E-state index contributed by atoms with van der Waals surface area (Å²) in [7, 11) is 0. The summed E-state index contributed by atoms with van der Waals surface area (Å²) in [6.07, 6.45) is 3.71. The quantitative estimate of drug-likeness (QED) is 0.702. The lowest BCUT2D eigenvalue weighted by atomic mass is 9.88. The van der Waals surface area contributed by atoms with E-state index >= 15 is 0 Å². The highest BCUT2D eigenvalue weighted by molar-refractivity contribution is 5.69. The number of hydrogen-bond acceptors (Lipinski definition) is 1. The molecule has 0 bridgehead atoms. The summed E-state index contributed by atoms with van der Waals surface area (Å²) in [5, 5.41) is 8.70. The van der Waals surface area contributed by atoms with Crippen LogP contribution in [0.25, 0.3) is 0 Å². The van der Waals surface area contributed by atoms with Crippen LogP contribution in [0.15, 0.2) is 11.6 Å². The Kier molecular flexibility index (Phi) is 4.89. The second-order valence-corrected chi connectivity index (χ2v) is 5.26. The van der Waals surface area contributed by atoms with Crippen LogP contribution in [0.2, 0.25) is 0 Å². The summed E-state index contributed by atoms with van der Waals surface area (Å²) in [6, 6.07) is 0. The predicted octanol–water partition coefficient (Wildman–Crippen LogP) is 3.48. The van der Waals surface area contributed by atoms with E-state index in [0.717, 1.165) is 6.42 Å². The van der Waals surface area contributed by atoms with Gasteiger partial charge in [0.1, 0.15) is 0 Å². The topological polar surface area (TPSA) is 37.3 Å². The van der Waals surface area contributed by atoms with Crippen LogP contribution in [0.1, 0.15) is 47.5 Å². The maximum atomic E-state index is 10.6. The Bertz CT molecular complexity index is 221. The first-order valence-electron chi connectivity index (χ1n) is 5.11. The van der Waals surface area contributed by atoms with Gasteiger partial charge in [0, 0.05) is 0 Å². The third-order valence-corrected chi connectivity index (χ3v) is 2.05. The number of carboxylic acids is 1. The lowest BCUT2D eigenvalue weighted by Crippen LogP contribution is -2.09. The molecular formula is C12H22O2. The zero-order valence-corrected chi connectivity index (χ0v) is 9.92. The standard InChI is InChI=1S/C12H22O2/c1-9(8-12(3,4)5)6-7-10(2)11(13)14/h6,10H,7-8H2,1-5H3,(H,13,14). The number of rotatable bonds is 4. The van der Waals surface area contributed by atoms with Gasteiger partial charge in [-0.2, -0.15) is 0 Å². The Morgan fingerprint density at radius 2 is 1.93 bits per heavy atom. The molecule has 82 valence electrons. The molecule has 0 radical (unpaired) electrons. The molecule has 0 saturated carbocycles. The van der Waals surface area contributed by atoms with Gasteiger partial charge in [-0.25, -0.2) is 0 Å². The number of allylic oxidation sites excluding steroid dienone is 2. The van der Waals surface area contributed by atoms with Crippen molar-refractivity contribution in [2.75, 3.05) is 0 Å². The Balaban J connectivity index is 4.07. The molecule has 14 heavy (non-hydrogen) atoms. The van der Waals surface area contributed by atoms with Gasteiger partial charge in [-0.15, -0.1) is 0 Å². The van der Waals surface area contributed by atoms with Crippen LogP contribution in [0.5, 0.6) is 0 Å². The molecule has 1 N–H and O–H groups in total. The molecule has 0 rings (SSSR count). The highest BCUT2D eigenvalue weighted by Gasteiger charge is 2.12. The van der Waals surface area contributed by atoms with Gasteiger partial charge < -0.3 is 5.11 Å². The van der Waals surface area contributed by atoms with E-state index < -0.39 is 5.97 Å². The third-order valence-electron chi connectivity index (χ3n) is 2.05. The van der Waals surface area contributed by atoms with E-state index in [1.165, 1.54) is 5.57 Å². The second-order valence-electron chi connectivity index (χ2n) is 5.26. The van der Waals surface area contributed by atoms with Gasteiger partial charge in [-0.3, -0.25) is 4.79 Å². The second kappa shape index (κ2) is 5.18. The maximum absolute atomic E-state index is 10.6. The zero-order valence-electron chi connectivity index (χ0n) is 9.92. The molecule has 0 amide bonds. The first-order valence-corrected chi connectivity index (χ1v) is 5.11. The Hall–Kier alpha value is -0.790. The van der Waals surface area contributed by atoms with Crippen molar-refractivity contribution < 1.29 is 9.90 Å². The third kappa shape index (κ3) is 6.70. The number of aliphatic carboxylic acids is 1. The van der Waals surface area contributed by atoms with Crippen LogP contribution in [0.4, 0.5) is 0 Å². The van der Waals surface area contributed by atoms with Crippen molar-refractivity contribution in [1.29, 1.82) is 0 Å². The Labute approximate surface area is 87.0 Å². The van der Waals surface area contributed by atoms with Crippen molar-refractivity contribution in [3.05, 3.63) is 11.6 Å². The van der Waals surface area contributed by atoms with Crippen molar-refractivity contribution in [2.45, 2.75) is 47.5 Å². The van der Waals surface area contributed by atoms with E-state index in [4.69, 9.17) is 5.11 Å². The molecule has 2 nitrogen and oxygen atoms in total. The van der Waals surface area contributed by atoms with Gasteiger partial charge >= 0.3 is 5.97 Å². The van der Waals surface area contributed by atoms with Crippen LogP contribution in [-0.4, -0.2) is 11.1 Å². The molecule has 0 spiro atoms.